The van der Waals surface area contributed by atoms with Gasteiger partial charge in [0.25, 0.3) is 0 Å². The molecule has 0 atom stereocenters. The van der Waals surface area contributed by atoms with Crippen LogP contribution in [0.4, 0.5) is 23.8 Å². The lowest BCUT2D eigenvalue weighted by atomic mass is 9.73. The SMILES string of the molecule is CCCCCCCCON1C(C)(C)CC(CCCCNc2nc(Cl)nc(N(CCCCCCN(c3nc(Cl)nc(NCCCCC4CC(C)(C)N(OCCCCCCCC)C(C)(C)C4)n3)C3CC(C)(C)N(OCCCCCCCC)C(C)(C)C3)C3CC(C)(C)N(OCCCCCCCC)C(C)(C)C3)n2)CC1(C)C. The Morgan fingerprint density at radius 3 is 0.815 bits per heavy atom. The van der Waals surface area contributed by atoms with Gasteiger partial charge in [0.15, 0.2) is 0 Å². The second kappa shape index (κ2) is 46.3. The number of anilines is 4. The Bertz CT molecular complexity index is 2530. The summed E-state index contributed by atoms with van der Waals surface area (Å²) < 4.78 is 0. The minimum atomic E-state index is -0.252. The Kier molecular flexibility index (Phi) is 40.4. The maximum Gasteiger partial charge on any atom is 0.231 e. The summed E-state index contributed by atoms with van der Waals surface area (Å²) in [6.07, 6.45) is 48.8. The molecule has 0 amide bonds. The molecule has 4 aliphatic heterocycles. The summed E-state index contributed by atoms with van der Waals surface area (Å²) in [7, 11) is 0. The fourth-order valence-electron chi connectivity index (χ4n) is 20.2. The Morgan fingerprint density at radius 2 is 0.546 bits per heavy atom. The molecule has 4 saturated heterocycles. The van der Waals surface area contributed by atoms with E-state index in [1.807, 2.05) is 0 Å². The summed E-state index contributed by atoms with van der Waals surface area (Å²) in [6, 6.07) is 0.275. The van der Waals surface area contributed by atoms with E-state index in [1.54, 1.807) is 0 Å². The number of aromatic nitrogens is 6. The smallest absolute Gasteiger partial charge is 0.231 e. The van der Waals surface area contributed by atoms with Gasteiger partial charge in [0, 0.05) is 82.6 Å². The molecule has 4 aliphatic rings. The predicted octanol–water partition coefficient (Wildman–Crippen LogP) is 24.2. The van der Waals surface area contributed by atoms with Gasteiger partial charge in [-0.05, 0) is 249 Å². The van der Waals surface area contributed by atoms with Gasteiger partial charge < -0.3 is 20.4 Å². The molecule has 2 aromatic heterocycles. The van der Waals surface area contributed by atoms with E-state index >= 15 is 0 Å². The molecule has 0 radical (unpaired) electrons. The number of unbranched alkanes of at least 4 members (excludes halogenated alkanes) is 25. The van der Waals surface area contributed by atoms with Gasteiger partial charge in [0.05, 0.1) is 26.4 Å². The van der Waals surface area contributed by atoms with Crippen LogP contribution in [-0.2, 0) is 19.4 Å². The first-order valence-electron chi connectivity index (χ1n) is 44.8. The zero-order valence-electron chi connectivity index (χ0n) is 73.4. The van der Waals surface area contributed by atoms with Crippen molar-refractivity contribution in [2.45, 2.75) is 465 Å². The zero-order valence-corrected chi connectivity index (χ0v) is 74.9. The summed E-state index contributed by atoms with van der Waals surface area (Å²) in [5.74, 6) is 3.66. The van der Waals surface area contributed by atoms with Gasteiger partial charge in [-0.15, -0.1) is 0 Å². The van der Waals surface area contributed by atoms with Crippen LogP contribution in [0.1, 0.15) is 408 Å². The minimum Gasteiger partial charge on any atom is -0.354 e. The second-order valence-corrected chi connectivity index (χ2v) is 39.5. The van der Waals surface area contributed by atoms with Gasteiger partial charge in [-0.25, -0.2) is 0 Å². The largest absolute Gasteiger partial charge is 0.354 e. The molecule has 2 N–H and O–H groups in total. The molecule has 0 aromatic carbocycles. The molecule has 0 unspecified atom stereocenters. The van der Waals surface area contributed by atoms with Gasteiger partial charge in [-0.3, -0.25) is 19.4 Å². The van der Waals surface area contributed by atoms with E-state index in [4.69, 9.17) is 72.5 Å². The molecule has 626 valence electrons. The van der Waals surface area contributed by atoms with Gasteiger partial charge in [-0.2, -0.15) is 50.2 Å². The molecule has 6 rings (SSSR count). The third-order valence-electron chi connectivity index (χ3n) is 24.1. The van der Waals surface area contributed by atoms with Gasteiger partial charge in [-0.1, -0.05) is 195 Å². The van der Waals surface area contributed by atoms with E-state index in [9.17, 15) is 0 Å². The van der Waals surface area contributed by atoms with Crippen molar-refractivity contribution in [2.24, 2.45) is 11.8 Å². The number of nitrogens with one attached hydrogen (secondary N) is 2. The molecule has 0 spiro atoms. The first-order valence-corrected chi connectivity index (χ1v) is 45.5. The third-order valence-corrected chi connectivity index (χ3v) is 24.5. The first-order chi connectivity index (χ1) is 51.2. The van der Waals surface area contributed by atoms with Crippen molar-refractivity contribution in [1.82, 2.24) is 50.2 Å². The van der Waals surface area contributed by atoms with Crippen LogP contribution in [0, 0.1) is 11.8 Å². The number of piperidine rings is 4. The van der Waals surface area contributed by atoms with E-state index in [0.29, 0.717) is 35.6 Å². The molecule has 0 saturated carbocycles. The van der Waals surface area contributed by atoms with Crippen LogP contribution in [0.25, 0.3) is 0 Å². The minimum absolute atomic E-state index is 0.0251. The van der Waals surface area contributed by atoms with E-state index in [2.05, 4.69) is 179 Å². The number of rotatable bonds is 55. The molecule has 20 heteroatoms. The van der Waals surface area contributed by atoms with Crippen molar-refractivity contribution in [2.75, 3.05) is 73.0 Å². The van der Waals surface area contributed by atoms with Crippen LogP contribution in [0.2, 0.25) is 10.6 Å². The van der Waals surface area contributed by atoms with Gasteiger partial charge in [0.1, 0.15) is 0 Å². The van der Waals surface area contributed by atoms with Crippen LogP contribution < -0.4 is 20.4 Å². The standard InChI is InChI=1S/C88H166Cl2N14O4/c1-21-25-29-33-39-49-59-105-101-81(5,6)63-71(64-82(101,7)8)53-43-45-55-91-77-93-75(89)95-79(97-77)99(73-67-85(13,14)103(86(15,16)68-73)107-61-51-41-35-31-27-23-3)57-47-37-38-48-58-100(74-69-87(17,18)104(88(19,20)70-74)108-62-52-42-36-32-28-24-4)80-96-76(90)94-78(98-80)92-56-46-44-54-72-65-83(9,10)102(84(11,12)66-72)106-60-50-40-34-30-26-22-2/h71-74H,21-70H2,1-20H3,(H,91,93,95,97)(H,92,94,96,98). The van der Waals surface area contributed by atoms with E-state index in [-0.39, 0.29) is 67.0 Å². The number of hydrogen-bond acceptors (Lipinski definition) is 18. The molecule has 4 fully saturated rings. The fourth-order valence-corrected chi connectivity index (χ4v) is 20.5. The molecule has 0 aliphatic carbocycles. The highest BCUT2D eigenvalue weighted by Gasteiger charge is 2.52. The van der Waals surface area contributed by atoms with E-state index in [0.717, 1.165) is 181 Å². The summed E-state index contributed by atoms with van der Waals surface area (Å²) >= 11 is 14.0. The van der Waals surface area contributed by atoms with Crippen LogP contribution in [0.5, 0.6) is 0 Å². The maximum atomic E-state index is 7.00. The number of hydroxylamine groups is 8. The monoisotopic (exact) mass is 1550 g/mol. The normalized spacial score (nSPS) is 20.5. The van der Waals surface area contributed by atoms with Gasteiger partial charge >= 0.3 is 0 Å². The van der Waals surface area contributed by atoms with E-state index < -0.39 is 0 Å². The summed E-state index contributed by atoms with van der Waals surface area (Å²) in [5, 5.41) is 17.1. The topological polar surface area (TPSA) is 158 Å². The molecule has 0 bridgehead atoms. The molecule has 2 aromatic rings. The Balaban J connectivity index is 1.13. The summed E-state index contributed by atoms with van der Waals surface area (Å²) in [6.45, 7) is 53.2. The van der Waals surface area contributed by atoms with Crippen molar-refractivity contribution in [3.63, 3.8) is 0 Å². The van der Waals surface area contributed by atoms with Crippen molar-refractivity contribution < 1.29 is 19.4 Å². The summed E-state index contributed by atoms with van der Waals surface area (Å²) in [4.78, 5) is 61.7. The van der Waals surface area contributed by atoms with Crippen molar-refractivity contribution in [1.29, 1.82) is 0 Å². The van der Waals surface area contributed by atoms with Crippen molar-refractivity contribution >= 4 is 47.0 Å². The number of nitrogens with zero attached hydrogens (tertiary/aromatic N) is 12. The molecule has 108 heavy (non-hydrogen) atoms. The second-order valence-electron chi connectivity index (χ2n) is 38.9. The Labute approximate surface area is 672 Å². The van der Waals surface area contributed by atoms with Gasteiger partial charge in [0.2, 0.25) is 34.4 Å². The summed E-state index contributed by atoms with van der Waals surface area (Å²) in [5.41, 5.74) is -1.11. The lowest BCUT2D eigenvalue weighted by Gasteiger charge is -2.55. The van der Waals surface area contributed by atoms with E-state index in [1.165, 1.54) is 141 Å². The number of hydrogen-bond donors (Lipinski definition) is 2. The molecular formula is C88H166Cl2N14O4. The Hall–Kier alpha value is -2.52. The lowest BCUT2D eigenvalue weighted by Crippen LogP contribution is -2.64. The van der Waals surface area contributed by atoms with Crippen LogP contribution >= 0.6 is 23.2 Å². The average molecular weight is 1560 g/mol. The predicted molar refractivity (Wildman–Crippen MR) is 456 cm³/mol. The van der Waals surface area contributed by atoms with Crippen LogP contribution in [0.15, 0.2) is 0 Å². The lowest BCUT2D eigenvalue weighted by molar-refractivity contribution is -0.288. The van der Waals surface area contributed by atoms with Crippen LogP contribution in [-0.4, -0.2) is 159 Å². The molecule has 18 nitrogen and oxygen atoms in total. The highest BCUT2D eigenvalue weighted by Crippen LogP contribution is 2.47. The highest BCUT2D eigenvalue weighted by molar-refractivity contribution is 6.28. The molecule has 6 heterocycles. The average Bonchev–Trinajstić information content (AvgIpc) is 0.752. The molecular weight excluding hydrogens is 1390 g/mol. The highest BCUT2D eigenvalue weighted by atomic mass is 35.5. The van der Waals surface area contributed by atoms with Crippen molar-refractivity contribution in [3.8, 4) is 0 Å². The quantitative estimate of drug-likeness (QED) is 0.0602. The van der Waals surface area contributed by atoms with Crippen molar-refractivity contribution in [3.05, 3.63) is 10.6 Å². The first kappa shape index (κ1) is 94.3. The zero-order chi connectivity index (χ0) is 79.1. The maximum absolute atomic E-state index is 7.00. The fraction of sp³-hybridized carbons (Fsp3) is 0.932. The third kappa shape index (κ3) is 31.3. The van der Waals surface area contributed by atoms with Crippen LogP contribution in [0.3, 0.4) is 0 Å². The Morgan fingerprint density at radius 1 is 0.306 bits per heavy atom. The number of halogens is 2.